The number of anilines is 4. The smallest absolute Gasteiger partial charge is 0.249 e. The molecule has 15 heteroatoms. The number of ether oxygens (including phenoxy) is 1. The van der Waals surface area contributed by atoms with Crippen molar-refractivity contribution in [2.24, 2.45) is 11.7 Å². The number of piperidine rings is 1. The number of nitrogens with two attached hydrogens (primary N) is 1. The first-order chi connectivity index (χ1) is 27.7. The molecule has 57 heavy (non-hydrogen) atoms. The Balaban J connectivity index is 0.923. The SMILES string of the molecule is NC(=O)C1CCC(N(c2ncc(F)c(-c3cccc(N4CCOCC4)c3)n2)C2CCC(N3CCN(c4ccc(NC5CCC(=O)NC5=O)cc4F)CC3)CC2)CC1. The van der Waals surface area contributed by atoms with Crippen molar-refractivity contribution >= 4 is 40.7 Å². The van der Waals surface area contributed by atoms with Gasteiger partial charge >= 0.3 is 0 Å². The summed E-state index contributed by atoms with van der Waals surface area (Å²) in [6, 6.07) is 13.0. The second kappa shape index (κ2) is 17.3. The standard InChI is InChI=1S/C42H53F2N9O4/c43-34-25-29(47-36-13-15-38(54)48-41(36)56)6-14-37(34)52-18-16-50(17-19-52)30-9-11-32(12-10-30)53(31-7-4-27(5-8-31)40(45)55)42-46-26-35(44)39(49-42)28-2-1-3-33(24-28)51-20-22-57-23-21-51/h1-3,6,14,24-27,30-32,36,47H,4-5,7-13,15-23H2,(H2,45,55)(H,48,54,56). The van der Waals surface area contributed by atoms with E-state index in [4.69, 9.17) is 15.5 Å². The summed E-state index contributed by atoms with van der Waals surface area (Å²) in [7, 11) is 0. The van der Waals surface area contributed by atoms with E-state index in [2.05, 4.69) is 35.2 Å². The number of carbonyl (C=O) groups excluding carboxylic acids is 3. The molecule has 4 N–H and O–H groups in total. The van der Waals surface area contributed by atoms with Gasteiger partial charge in [-0.25, -0.2) is 18.7 Å². The Kier molecular flexibility index (Phi) is 11.8. The summed E-state index contributed by atoms with van der Waals surface area (Å²) in [6.07, 6.45) is 8.78. The molecule has 5 fully saturated rings. The van der Waals surface area contributed by atoms with Gasteiger partial charge in [0.25, 0.3) is 0 Å². The fraction of sp³-hybridized carbons (Fsp3) is 0.548. The van der Waals surface area contributed by atoms with Gasteiger partial charge in [0.2, 0.25) is 23.7 Å². The number of hydrogen-bond donors (Lipinski definition) is 3. The van der Waals surface area contributed by atoms with E-state index in [1.54, 1.807) is 12.1 Å². The number of rotatable bonds is 10. The Bertz CT molecular complexity index is 1920. The lowest BCUT2D eigenvalue weighted by molar-refractivity contribution is -0.133. The lowest BCUT2D eigenvalue weighted by Gasteiger charge is -2.46. The van der Waals surface area contributed by atoms with Crippen LogP contribution in [0.5, 0.6) is 0 Å². The summed E-state index contributed by atoms with van der Waals surface area (Å²) >= 11 is 0. The van der Waals surface area contributed by atoms with Gasteiger partial charge in [-0.3, -0.25) is 24.6 Å². The molecule has 0 radical (unpaired) electrons. The molecule has 1 atom stereocenters. The van der Waals surface area contributed by atoms with Crippen LogP contribution >= 0.6 is 0 Å². The number of imide groups is 1. The van der Waals surface area contributed by atoms with Crippen molar-refractivity contribution in [3.63, 3.8) is 0 Å². The Morgan fingerprint density at radius 2 is 1.56 bits per heavy atom. The summed E-state index contributed by atoms with van der Waals surface area (Å²) in [4.78, 5) is 54.5. The average molecular weight is 786 g/mol. The molecule has 1 unspecified atom stereocenters. The van der Waals surface area contributed by atoms with Crippen LogP contribution in [0.15, 0.2) is 48.7 Å². The second-order valence-corrected chi connectivity index (χ2v) is 16.1. The van der Waals surface area contributed by atoms with Gasteiger partial charge in [0.15, 0.2) is 5.82 Å². The Hall–Kier alpha value is -4.89. The van der Waals surface area contributed by atoms with E-state index < -0.39 is 11.9 Å². The van der Waals surface area contributed by atoms with Gasteiger partial charge in [-0.05, 0) is 88.1 Å². The topological polar surface area (TPSA) is 149 Å². The van der Waals surface area contributed by atoms with Gasteiger partial charge in [-0.2, -0.15) is 0 Å². The monoisotopic (exact) mass is 785 g/mol. The predicted octanol–water partition coefficient (Wildman–Crippen LogP) is 4.46. The number of benzene rings is 2. The minimum atomic E-state index is -0.570. The van der Waals surface area contributed by atoms with Crippen LogP contribution in [0.2, 0.25) is 0 Å². The number of amides is 3. The molecule has 3 saturated heterocycles. The molecule has 4 heterocycles. The van der Waals surface area contributed by atoms with E-state index in [1.807, 2.05) is 24.3 Å². The fourth-order valence-corrected chi connectivity index (χ4v) is 9.53. The lowest BCUT2D eigenvalue weighted by Crippen LogP contribution is -2.54. The molecule has 5 aliphatic rings. The average Bonchev–Trinajstić information content (AvgIpc) is 3.23. The van der Waals surface area contributed by atoms with Crippen LogP contribution in [0.4, 0.5) is 31.8 Å². The quantitative estimate of drug-likeness (QED) is 0.250. The maximum absolute atomic E-state index is 15.6. The zero-order chi connectivity index (χ0) is 39.5. The van der Waals surface area contributed by atoms with Crippen LogP contribution in [0.1, 0.15) is 64.2 Å². The number of carbonyl (C=O) groups is 3. The number of nitrogens with one attached hydrogen (secondary N) is 2. The molecule has 3 amide bonds. The van der Waals surface area contributed by atoms with Gasteiger partial charge in [0.05, 0.1) is 25.1 Å². The summed E-state index contributed by atoms with van der Waals surface area (Å²) in [5.41, 5.74) is 8.77. The fourth-order valence-electron chi connectivity index (χ4n) is 9.53. The molecular weight excluding hydrogens is 733 g/mol. The largest absolute Gasteiger partial charge is 0.378 e. The molecule has 3 aromatic rings. The molecule has 0 spiro atoms. The van der Waals surface area contributed by atoms with Gasteiger partial charge < -0.3 is 30.5 Å². The molecule has 2 aliphatic carbocycles. The zero-order valence-corrected chi connectivity index (χ0v) is 32.4. The van der Waals surface area contributed by atoms with E-state index in [1.165, 1.54) is 12.3 Å². The Labute approximate surface area is 332 Å². The molecule has 2 aromatic carbocycles. The first-order valence-corrected chi connectivity index (χ1v) is 20.6. The van der Waals surface area contributed by atoms with E-state index in [0.29, 0.717) is 74.5 Å². The lowest BCUT2D eigenvalue weighted by atomic mass is 9.82. The molecule has 13 nitrogen and oxygen atoms in total. The van der Waals surface area contributed by atoms with Crippen molar-refractivity contribution in [1.82, 2.24) is 20.2 Å². The molecule has 0 bridgehead atoms. The van der Waals surface area contributed by atoms with E-state index in [0.717, 1.165) is 70.4 Å². The van der Waals surface area contributed by atoms with Crippen molar-refractivity contribution in [1.29, 1.82) is 0 Å². The third-order valence-electron chi connectivity index (χ3n) is 12.7. The normalized spacial score (nSPS) is 26.2. The Morgan fingerprint density at radius 1 is 0.842 bits per heavy atom. The number of aromatic nitrogens is 2. The van der Waals surface area contributed by atoms with Crippen molar-refractivity contribution < 1.29 is 27.9 Å². The third-order valence-corrected chi connectivity index (χ3v) is 12.7. The number of halogens is 2. The molecule has 3 aliphatic heterocycles. The van der Waals surface area contributed by atoms with Crippen LogP contribution in [0.3, 0.4) is 0 Å². The number of morpholine rings is 1. The highest BCUT2D eigenvalue weighted by atomic mass is 19.1. The van der Waals surface area contributed by atoms with Crippen molar-refractivity contribution in [2.75, 3.05) is 72.5 Å². The van der Waals surface area contributed by atoms with Crippen LogP contribution in [0, 0.1) is 17.6 Å². The van der Waals surface area contributed by atoms with Crippen LogP contribution in [-0.4, -0.2) is 109 Å². The summed E-state index contributed by atoms with van der Waals surface area (Å²) < 4.78 is 36.5. The van der Waals surface area contributed by atoms with Crippen LogP contribution in [-0.2, 0) is 19.1 Å². The molecule has 1 aromatic heterocycles. The predicted molar refractivity (Wildman–Crippen MR) is 214 cm³/mol. The number of nitrogens with zero attached hydrogens (tertiary/aromatic N) is 6. The maximum atomic E-state index is 15.6. The number of piperazine rings is 1. The van der Waals surface area contributed by atoms with Crippen LogP contribution in [0.25, 0.3) is 11.3 Å². The highest BCUT2D eigenvalue weighted by Gasteiger charge is 2.37. The van der Waals surface area contributed by atoms with Crippen LogP contribution < -0.4 is 31.1 Å². The van der Waals surface area contributed by atoms with E-state index in [9.17, 15) is 14.4 Å². The third kappa shape index (κ3) is 8.84. The van der Waals surface area contributed by atoms with Crippen molar-refractivity contribution in [3.8, 4) is 11.3 Å². The zero-order valence-electron chi connectivity index (χ0n) is 32.4. The summed E-state index contributed by atoms with van der Waals surface area (Å²) in [5, 5.41) is 5.39. The highest BCUT2D eigenvalue weighted by molar-refractivity contribution is 6.01. The van der Waals surface area contributed by atoms with Gasteiger partial charge in [0.1, 0.15) is 17.6 Å². The first-order valence-electron chi connectivity index (χ1n) is 20.6. The summed E-state index contributed by atoms with van der Waals surface area (Å²) in [6.45, 7) is 5.91. The van der Waals surface area contributed by atoms with E-state index >= 15 is 8.78 Å². The van der Waals surface area contributed by atoms with E-state index in [-0.39, 0.29) is 53.7 Å². The highest BCUT2D eigenvalue weighted by Crippen LogP contribution is 2.37. The van der Waals surface area contributed by atoms with Crippen molar-refractivity contribution in [2.45, 2.75) is 88.4 Å². The van der Waals surface area contributed by atoms with Gasteiger partial charge in [0, 0.05) is 86.7 Å². The number of hydrogen-bond acceptors (Lipinski definition) is 11. The molecule has 8 rings (SSSR count). The number of primary amides is 1. The minimum Gasteiger partial charge on any atom is -0.378 e. The molecule has 2 saturated carbocycles. The molecule has 304 valence electrons. The first kappa shape index (κ1) is 39.0. The maximum Gasteiger partial charge on any atom is 0.249 e. The summed E-state index contributed by atoms with van der Waals surface area (Å²) in [5.74, 6) is -1.33. The van der Waals surface area contributed by atoms with Gasteiger partial charge in [-0.1, -0.05) is 12.1 Å². The molecular formula is C42H53F2N9O4. The minimum absolute atomic E-state index is 0.115. The Morgan fingerprint density at radius 3 is 2.25 bits per heavy atom. The van der Waals surface area contributed by atoms with Crippen molar-refractivity contribution in [3.05, 3.63) is 60.3 Å². The second-order valence-electron chi connectivity index (χ2n) is 16.1. The van der Waals surface area contributed by atoms with Gasteiger partial charge in [-0.15, -0.1) is 0 Å².